The van der Waals surface area contributed by atoms with Gasteiger partial charge in [-0.05, 0) is 36.4 Å². The molecule has 2 amide bonds. The predicted molar refractivity (Wildman–Crippen MR) is 130 cm³/mol. The molecule has 37 heavy (non-hydrogen) atoms. The summed E-state index contributed by atoms with van der Waals surface area (Å²) in [6.07, 6.45) is 3.24. The van der Waals surface area contributed by atoms with Gasteiger partial charge in [0.1, 0.15) is 0 Å². The van der Waals surface area contributed by atoms with E-state index in [9.17, 15) is 13.2 Å². The molecule has 2 N–H and O–H groups in total. The van der Waals surface area contributed by atoms with Gasteiger partial charge < -0.3 is 14.9 Å². The van der Waals surface area contributed by atoms with E-state index >= 15 is 0 Å². The number of nitrogens with two attached hydrogens (primary N) is 1. The fourth-order valence-electron chi connectivity index (χ4n) is 4.18. The minimum Gasteiger partial charge on any atom is -0.461 e. The summed E-state index contributed by atoms with van der Waals surface area (Å²) < 4.78 is 41.1. The van der Waals surface area contributed by atoms with Crippen molar-refractivity contribution >= 4 is 44.4 Å². The number of rotatable bonds is 5. The molecular formula is C22H21N9O5S. The number of fused-ring (bicyclic) bond motifs is 3. The number of morpholine rings is 1. The number of carbonyl (C=O) groups is 1. The fourth-order valence-corrected chi connectivity index (χ4v) is 5.59. The van der Waals surface area contributed by atoms with Crippen molar-refractivity contribution in [3.8, 4) is 11.6 Å². The Labute approximate surface area is 209 Å². The van der Waals surface area contributed by atoms with Crippen molar-refractivity contribution < 1.29 is 22.4 Å². The maximum atomic E-state index is 13.0. The minimum atomic E-state index is -3.72. The van der Waals surface area contributed by atoms with Crippen LogP contribution in [-0.2, 0) is 21.8 Å². The van der Waals surface area contributed by atoms with E-state index in [1.807, 2.05) is 0 Å². The number of carbonyl (C=O) groups excluding carboxylic acids is 1. The number of benzene rings is 1. The maximum absolute atomic E-state index is 13.0. The summed E-state index contributed by atoms with van der Waals surface area (Å²) in [6, 6.07) is 8.37. The number of ether oxygens (including phenoxy) is 1. The molecule has 14 nitrogen and oxygen atoms in total. The highest BCUT2D eigenvalue weighted by Crippen LogP contribution is 2.30. The number of anilines is 2. The molecule has 6 rings (SSSR count). The Hall–Kier alpha value is -4.34. The zero-order valence-corrected chi connectivity index (χ0v) is 20.4. The third-order valence-electron chi connectivity index (χ3n) is 5.92. The van der Waals surface area contributed by atoms with E-state index in [1.54, 1.807) is 30.1 Å². The summed E-state index contributed by atoms with van der Waals surface area (Å²) in [5, 5.41) is 9.47. The second-order valence-corrected chi connectivity index (χ2v) is 10.2. The lowest BCUT2D eigenvalue weighted by atomic mass is 10.3. The third-order valence-corrected chi connectivity index (χ3v) is 7.83. The Morgan fingerprint density at radius 3 is 2.51 bits per heavy atom. The number of aryl methyl sites for hydroxylation is 1. The van der Waals surface area contributed by atoms with E-state index in [0.717, 1.165) is 4.90 Å². The van der Waals surface area contributed by atoms with Gasteiger partial charge in [-0.3, -0.25) is 4.68 Å². The molecule has 0 atom stereocenters. The first-order valence-electron chi connectivity index (χ1n) is 11.2. The van der Waals surface area contributed by atoms with E-state index in [0.29, 0.717) is 35.7 Å². The monoisotopic (exact) mass is 523 g/mol. The highest BCUT2D eigenvalue weighted by molar-refractivity contribution is 7.89. The first-order valence-corrected chi connectivity index (χ1v) is 12.7. The van der Waals surface area contributed by atoms with Crippen molar-refractivity contribution in [3.05, 3.63) is 48.9 Å². The number of nitrogens with zero attached hydrogens (tertiary/aromatic N) is 8. The molecular weight excluding hydrogens is 502 g/mol. The van der Waals surface area contributed by atoms with Crippen molar-refractivity contribution in [2.75, 3.05) is 31.2 Å². The lowest BCUT2D eigenvalue weighted by Crippen LogP contribution is -2.40. The van der Waals surface area contributed by atoms with E-state index in [-0.39, 0.29) is 35.4 Å². The Morgan fingerprint density at radius 1 is 1.08 bits per heavy atom. The smallest absolute Gasteiger partial charge is 0.326 e. The van der Waals surface area contributed by atoms with Crippen LogP contribution in [0.1, 0.15) is 0 Å². The summed E-state index contributed by atoms with van der Waals surface area (Å²) >= 11 is 0. The maximum Gasteiger partial charge on any atom is 0.326 e. The van der Waals surface area contributed by atoms with E-state index in [2.05, 4.69) is 20.2 Å². The molecule has 0 unspecified atom stereocenters. The van der Waals surface area contributed by atoms with Crippen LogP contribution in [0.2, 0.25) is 0 Å². The fraction of sp³-hybridized carbons (Fsp3) is 0.227. The Bertz CT molecular complexity index is 1720. The first-order chi connectivity index (χ1) is 17.8. The van der Waals surface area contributed by atoms with Crippen molar-refractivity contribution in [1.82, 2.24) is 33.7 Å². The SMILES string of the molecule is Cn1cc2c(nc(N(C(N)=O)c3ccc(S(=O)(=O)N4CCOCC4)cc3)n3nc(-c4ccco4)nc23)n1. The second kappa shape index (κ2) is 8.65. The van der Waals surface area contributed by atoms with Crippen LogP contribution in [0.4, 0.5) is 16.4 Å². The van der Waals surface area contributed by atoms with Gasteiger partial charge in [0.05, 0.1) is 35.4 Å². The minimum absolute atomic E-state index is 0.0304. The quantitative estimate of drug-likeness (QED) is 0.359. The number of hydrogen-bond acceptors (Lipinski definition) is 9. The summed E-state index contributed by atoms with van der Waals surface area (Å²) in [5.74, 6) is 0.735. The first kappa shape index (κ1) is 23.1. The van der Waals surface area contributed by atoms with Crippen molar-refractivity contribution in [1.29, 1.82) is 0 Å². The van der Waals surface area contributed by atoms with Crippen molar-refractivity contribution in [2.45, 2.75) is 4.90 Å². The molecule has 1 aliphatic rings. The van der Waals surface area contributed by atoms with Crippen molar-refractivity contribution in [3.63, 3.8) is 0 Å². The van der Waals surface area contributed by atoms with Crippen LogP contribution in [0.3, 0.4) is 0 Å². The van der Waals surface area contributed by atoms with E-state index in [4.69, 9.17) is 14.9 Å². The van der Waals surface area contributed by atoms with Gasteiger partial charge >= 0.3 is 6.03 Å². The zero-order chi connectivity index (χ0) is 25.7. The molecule has 1 saturated heterocycles. The molecule has 1 fully saturated rings. The van der Waals surface area contributed by atoms with Crippen molar-refractivity contribution in [2.24, 2.45) is 12.8 Å². The van der Waals surface area contributed by atoms with Crippen LogP contribution in [0.25, 0.3) is 28.3 Å². The van der Waals surface area contributed by atoms with Gasteiger partial charge in [-0.15, -0.1) is 5.10 Å². The lowest BCUT2D eigenvalue weighted by Gasteiger charge is -2.26. The predicted octanol–water partition coefficient (Wildman–Crippen LogP) is 1.51. The third kappa shape index (κ3) is 3.89. The van der Waals surface area contributed by atoms with Crippen LogP contribution in [0.5, 0.6) is 0 Å². The topological polar surface area (TPSA) is 167 Å². The Kier molecular flexibility index (Phi) is 5.40. The van der Waals surface area contributed by atoms with Gasteiger partial charge in [-0.2, -0.15) is 18.9 Å². The molecule has 0 bridgehead atoms. The highest BCUT2D eigenvalue weighted by Gasteiger charge is 2.28. The molecule has 5 heterocycles. The van der Waals surface area contributed by atoms with E-state index < -0.39 is 16.1 Å². The van der Waals surface area contributed by atoms with Crippen LogP contribution < -0.4 is 10.6 Å². The average molecular weight is 524 g/mol. The lowest BCUT2D eigenvalue weighted by molar-refractivity contribution is 0.0730. The van der Waals surface area contributed by atoms with Crippen LogP contribution in [0, 0.1) is 0 Å². The standard InChI is InChI=1S/C22H21N9O5S/c1-28-13-16-18(26-28)25-22(31-20(16)24-19(27-31)17-3-2-10-36-17)30(21(23)32)14-4-6-15(7-5-14)37(33,34)29-8-11-35-12-9-29/h2-7,10,13H,8-9,11-12H2,1H3,(H2,23,32). The highest BCUT2D eigenvalue weighted by atomic mass is 32.2. The van der Waals surface area contributed by atoms with E-state index in [1.165, 1.54) is 39.3 Å². The molecule has 190 valence electrons. The van der Waals surface area contributed by atoms with Crippen LogP contribution in [0.15, 0.2) is 58.2 Å². The molecule has 5 aromatic rings. The number of primary amides is 1. The zero-order valence-electron chi connectivity index (χ0n) is 19.6. The molecule has 1 aliphatic heterocycles. The second-order valence-electron chi connectivity index (χ2n) is 8.28. The van der Waals surface area contributed by atoms with Gasteiger partial charge in [0.2, 0.25) is 21.8 Å². The van der Waals surface area contributed by atoms with Gasteiger partial charge in [0, 0.05) is 26.3 Å². The summed E-state index contributed by atoms with van der Waals surface area (Å²) in [5.41, 5.74) is 6.78. The normalized spacial score (nSPS) is 14.9. The number of furan rings is 1. The summed E-state index contributed by atoms with van der Waals surface area (Å²) in [7, 11) is -1.98. The number of sulfonamides is 1. The van der Waals surface area contributed by atoms with Crippen LogP contribution >= 0.6 is 0 Å². The molecule has 0 aliphatic carbocycles. The summed E-state index contributed by atoms with van der Waals surface area (Å²) in [6.45, 7) is 1.21. The van der Waals surface area contributed by atoms with Gasteiger partial charge in [0.25, 0.3) is 0 Å². The Morgan fingerprint density at radius 2 is 1.84 bits per heavy atom. The largest absolute Gasteiger partial charge is 0.461 e. The molecule has 0 saturated carbocycles. The van der Waals surface area contributed by atoms with Gasteiger partial charge in [-0.1, -0.05) is 0 Å². The number of hydrogen-bond donors (Lipinski definition) is 1. The van der Waals surface area contributed by atoms with Gasteiger partial charge in [-0.25, -0.2) is 23.1 Å². The molecule has 15 heteroatoms. The molecule has 0 radical (unpaired) electrons. The molecule has 1 aromatic carbocycles. The van der Waals surface area contributed by atoms with Gasteiger partial charge in [0.15, 0.2) is 17.1 Å². The number of urea groups is 1. The molecule has 4 aromatic heterocycles. The Balaban J connectivity index is 1.47. The number of amides is 2. The number of aromatic nitrogens is 6. The summed E-state index contributed by atoms with van der Waals surface area (Å²) in [4.78, 5) is 23.0. The van der Waals surface area contributed by atoms with Crippen LogP contribution in [-0.4, -0.2) is 74.4 Å². The average Bonchev–Trinajstić information content (AvgIpc) is 3.64. The molecule has 0 spiro atoms.